The van der Waals surface area contributed by atoms with Crippen LogP contribution in [-0.4, -0.2) is 30.1 Å². The molecule has 0 unspecified atom stereocenters. The number of pyridine rings is 1. The summed E-state index contributed by atoms with van der Waals surface area (Å²) in [5, 5.41) is 7.56. The molecule has 15 heteroatoms. The number of halogens is 7. The Morgan fingerprint density at radius 1 is 0.800 bits per heavy atom. The number of aromatic amines is 1. The largest absolute Gasteiger partial charge is 0.416 e. The van der Waals surface area contributed by atoms with Crippen LogP contribution >= 0.6 is 35.1 Å². The predicted molar refractivity (Wildman–Crippen MR) is 116 cm³/mol. The van der Waals surface area contributed by atoms with E-state index >= 15 is 0 Å². The topological polar surface area (TPSA) is 80.2 Å². The number of benzene rings is 1. The highest BCUT2D eigenvalue weighted by atomic mass is 35.5. The Hall–Kier alpha value is -2.84. The lowest BCUT2D eigenvalue weighted by Crippen LogP contribution is -2.11. The van der Waals surface area contributed by atoms with Gasteiger partial charge in [0.2, 0.25) is 5.16 Å². The maximum Gasteiger partial charge on any atom is 0.416 e. The molecule has 182 valence electrons. The molecule has 3 aromatic heterocycles. The highest BCUT2D eigenvalue weighted by molar-refractivity contribution is 7.99. The zero-order valence-corrected chi connectivity index (χ0v) is 19.6. The molecule has 4 rings (SSSR count). The average Bonchev–Trinajstić information content (AvgIpc) is 3.22. The van der Waals surface area contributed by atoms with E-state index < -0.39 is 29.0 Å². The van der Waals surface area contributed by atoms with Crippen LogP contribution < -0.4 is 0 Å². The van der Waals surface area contributed by atoms with Gasteiger partial charge < -0.3 is 0 Å². The molecule has 0 amide bonds. The maximum absolute atomic E-state index is 13.1. The van der Waals surface area contributed by atoms with Crippen molar-refractivity contribution >= 4 is 35.1 Å². The molecule has 0 saturated heterocycles. The Labute approximate surface area is 207 Å². The molecule has 35 heavy (non-hydrogen) atoms. The Bertz CT molecular complexity index is 1330. The van der Waals surface area contributed by atoms with Crippen molar-refractivity contribution in [1.82, 2.24) is 30.1 Å². The van der Waals surface area contributed by atoms with Crippen LogP contribution in [0.2, 0.25) is 5.15 Å². The molecule has 0 spiro atoms. The van der Waals surface area contributed by atoms with E-state index in [1.807, 2.05) is 13.0 Å². The highest BCUT2D eigenvalue weighted by Gasteiger charge is 2.37. The minimum Gasteiger partial charge on any atom is -0.258 e. The third-order valence-corrected chi connectivity index (χ3v) is 6.05. The van der Waals surface area contributed by atoms with Gasteiger partial charge in [0.15, 0.2) is 11.0 Å². The van der Waals surface area contributed by atoms with Gasteiger partial charge >= 0.3 is 12.4 Å². The first kappa shape index (κ1) is 25.3. The minimum atomic E-state index is -4.98. The molecular weight excluding hydrogens is 538 g/mol. The number of nitrogens with zero attached hydrogens (tertiary/aromatic N) is 5. The number of aryl methyl sites for hydroxylation is 1. The summed E-state index contributed by atoms with van der Waals surface area (Å²) in [5.74, 6) is -0.275. The summed E-state index contributed by atoms with van der Waals surface area (Å²) in [5.41, 5.74) is -2.36. The number of alkyl halides is 6. The van der Waals surface area contributed by atoms with Crippen molar-refractivity contribution < 1.29 is 26.3 Å². The van der Waals surface area contributed by atoms with Crippen molar-refractivity contribution in [3.05, 3.63) is 64.4 Å². The zero-order chi connectivity index (χ0) is 25.4. The van der Waals surface area contributed by atoms with Crippen LogP contribution in [0.25, 0.3) is 11.4 Å². The highest BCUT2D eigenvalue weighted by Crippen LogP contribution is 2.38. The first-order valence-corrected chi connectivity index (χ1v) is 11.4. The lowest BCUT2D eigenvalue weighted by Gasteiger charge is -2.13. The normalized spacial score (nSPS) is 12.2. The summed E-state index contributed by atoms with van der Waals surface area (Å²) < 4.78 is 78.9. The van der Waals surface area contributed by atoms with Crippen LogP contribution in [-0.2, 0) is 12.4 Å². The molecule has 4 aromatic rings. The molecule has 3 heterocycles. The summed E-state index contributed by atoms with van der Waals surface area (Å²) >= 11 is 8.12. The van der Waals surface area contributed by atoms with Crippen LogP contribution in [0, 0.1) is 6.92 Å². The van der Waals surface area contributed by atoms with E-state index in [0.717, 1.165) is 29.1 Å². The Morgan fingerprint density at radius 3 is 2.06 bits per heavy atom. The van der Waals surface area contributed by atoms with E-state index in [-0.39, 0.29) is 27.4 Å². The van der Waals surface area contributed by atoms with Gasteiger partial charge in [0.05, 0.1) is 11.1 Å². The number of nitrogens with one attached hydrogen (secondary N) is 1. The summed E-state index contributed by atoms with van der Waals surface area (Å²) in [7, 11) is 0. The van der Waals surface area contributed by atoms with Crippen LogP contribution in [0.3, 0.4) is 0 Å². The van der Waals surface area contributed by atoms with Crippen molar-refractivity contribution in [1.29, 1.82) is 0 Å². The first-order valence-electron chi connectivity index (χ1n) is 9.42. The average molecular weight is 549 g/mol. The fourth-order valence-electron chi connectivity index (χ4n) is 2.69. The third-order valence-electron chi connectivity index (χ3n) is 4.25. The second-order valence-corrected chi connectivity index (χ2v) is 9.31. The molecule has 0 fully saturated rings. The van der Waals surface area contributed by atoms with Gasteiger partial charge in [-0.05, 0) is 60.3 Å². The van der Waals surface area contributed by atoms with E-state index in [4.69, 9.17) is 11.6 Å². The third kappa shape index (κ3) is 6.44. The molecule has 0 saturated carbocycles. The lowest BCUT2D eigenvalue weighted by molar-refractivity contribution is -0.143. The smallest absolute Gasteiger partial charge is 0.258 e. The number of aromatic nitrogens is 6. The van der Waals surface area contributed by atoms with Crippen molar-refractivity contribution in [3.63, 3.8) is 0 Å². The van der Waals surface area contributed by atoms with Crippen molar-refractivity contribution in [2.24, 2.45) is 0 Å². The predicted octanol–water partition coefficient (Wildman–Crippen LogP) is 6.96. The summed E-state index contributed by atoms with van der Waals surface area (Å²) in [6.07, 6.45) is -8.28. The van der Waals surface area contributed by atoms with Crippen LogP contribution in [0.1, 0.15) is 16.7 Å². The van der Waals surface area contributed by atoms with Gasteiger partial charge in [-0.2, -0.15) is 26.3 Å². The number of rotatable bonds is 5. The molecule has 0 radical (unpaired) electrons. The van der Waals surface area contributed by atoms with Crippen molar-refractivity contribution in [2.45, 2.75) is 39.6 Å². The van der Waals surface area contributed by atoms with E-state index in [2.05, 4.69) is 30.1 Å². The van der Waals surface area contributed by atoms with Crippen LogP contribution in [0.15, 0.2) is 63.0 Å². The van der Waals surface area contributed by atoms with Gasteiger partial charge in [-0.1, -0.05) is 17.7 Å². The van der Waals surface area contributed by atoms with Gasteiger partial charge in [-0.25, -0.2) is 19.9 Å². The van der Waals surface area contributed by atoms with Crippen LogP contribution in [0.5, 0.6) is 0 Å². The second kappa shape index (κ2) is 9.66. The molecule has 0 aliphatic rings. The Morgan fingerprint density at radius 2 is 1.46 bits per heavy atom. The molecule has 0 aliphatic heterocycles. The van der Waals surface area contributed by atoms with Gasteiger partial charge in [-0.3, -0.25) is 5.10 Å². The second-order valence-electron chi connectivity index (χ2n) is 6.95. The number of hydrogen-bond donors (Lipinski definition) is 1. The monoisotopic (exact) mass is 548 g/mol. The molecule has 6 nitrogen and oxygen atoms in total. The molecule has 0 atom stereocenters. The summed E-state index contributed by atoms with van der Waals surface area (Å²) in [6.45, 7) is 1.89. The van der Waals surface area contributed by atoms with Crippen molar-refractivity contribution in [3.8, 4) is 11.4 Å². The fraction of sp³-hybridized carbons (Fsp3) is 0.150. The number of hydrogen-bond acceptors (Lipinski definition) is 7. The molecule has 0 aliphatic carbocycles. The molecule has 1 N–H and O–H groups in total. The maximum atomic E-state index is 13.1. The first-order chi connectivity index (χ1) is 16.4. The van der Waals surface area contributed by atoms with E-state index in [1.54, 1.807) is 12.3 Å². The Balaban J connectivity index is 1.60. The van der Waals surface area contributed by atoms with Gasteiger partial charge in [0, 0.05) is 17.8 Å². The standard InChI is InChI=1S/C20H11ClF6N6S2/c1-9-2-3-14(28-8-9)34-17-29-13(21)7-15(30-17)35-18-31-16(32-33-18)10-4-11(19(22,23)24)6-12(5-10)20(25,26)27/h2-8H,1H3,(H,31,32,33). The van der Waals surface area contributed by atoms with Crippen molar-refractivity contribution in [2.75, 3.05) is 0 Å². The SMILES string of the molecule is Cc1ccc(Sc2nc(Cl)cc(Sc3n[nH]c(-c4cc(C(F)(F)F)cc(C(F)(F)F)c4)n3)n2)nc1. The minimum absolute atomic E-state index is 0.00477. The molecule has 0 bridgehead atoms. The number of H-pyrrole nitrogens is 1. The van der Waals surface area contributed by atoms with E-state index in [1.165, 1.54) is 6.07 Å². The van der Waals surface area contributed by atoms with E-state index in [0.29, 0.717) is 22.2 Å². The molecule has 1 aromatic carbocycles. The van der Waals surface area contributed by atoms with Gasteiger partial charge in [-0.15, -0.1) is 5.10 Å². The van der Waals surface area contributed by atoms with Gasteiger partial charge in [0.1, 0.15) is 15.2 Å². The zero-order valence-electron chi connectivity index (χ0n) is 17.2. The van der Waals surface area contributed by atoms with Crippen LogP contribution in [0.4, 0.5) is 26.3 Å². The quantitative estimate of drug-likeness (QED) is 0.164. The fourth-order valence-corrected chi connectivity index (χ4v) is 4.48. The van der Waals surface area contributed by atoms with E-state index in [9.17, 15) is 26.3 Å². The van der Waals surface area contributed by atoms with Gasteiger partial charge in [0.25, 0.3) is 0 Å². The Kier molecular flexibility index (Phi) is 6.97. The molecular formula is C20H11ClF6N6S2. The summed E-state index contributed by atoms with van der Waals surface area (Å²) in [6, 6.07) is 6.23. The summed E-state index contributed by atoms with van der Waals surface area (Å²) in [4.78, 5) is 16.7. The lowest BCUT2D eigenvalue weighted by atomic mass is 10.0.